The van der Waals surface area contributed by atoms with Gasteiger partial charge in [0.25, 0.3) is 0 Å². The lowest BCUT2D eigenvalue weighted by Gasteiger charge is -2.25. The van der Waals surface area contributed by atoms with E-state index < -0.39 is 0 Å². The van der Waals surface area contributed by atoms with Gasteiger partial charge < -0.3 is 10.6 Å². The minimum Gasteiger partial charge on any atom is -0.355 e. The number of fused-ring (bicyclic) bond motifs is 1. The molecule has 1 amide bonds. The highest BCUT2D eigenvalue weighted by atomic mass is 16.2. The first-order chi connectivity index (χ1) is 9.22. The van der Waals surface area contributed by atoms with Crippen molar-refractivity contribution in [2.45, 2.75) is 58.0 Å². The van der Waals surface area contributed by atoms with Crippen molar-refractivity contribution in [3.8, 4) is 0 Å². The van der Waals surface area contributed by atoms with Gasteiger partial charge in [0.05, 0.1) is 6.04 Å². The summed E-state index contributed by atoms with van der Waals surface area (Å²) < 4.78 is 0. The van der Waals surface area contributed by atoms with Gasteiger partial charge in [0.15, 0.2) is 0 Å². The topological polar surface area (TPSA) is 44.4 Å². The maximum Gasteiger partial charge on any atom is 0.237 e. The fourth-order valence-electron chi connectivity index (χ4n) is 3.30. The molecule has 0 saturated carbocycles. The molecule has 0 radical (unpaired) electrons. The summed E-state index contributed by atoms with van der Waals surface area (Å²) in [5, 5.41) is 6.67. The molecule has 4 heteroatoms. The molecule has 2 aliphatic heterocycles. The van der Waals surface area contributed by atoms with Gasteiger partial charge in [-0.2, -0.15) is 0 Å². The molecule has 3 atom stereocenters. The van der Waals surface area contributed by atoms with Crippen LogP contribution in [0.5, 0.6) is 0 Å². The average Bonchev–Trinajstić information content (AvgIpc) is 2.86. The van der Waals surface area contributed by atoms with E-state index in [1.54, 1.807) is 0 Å². The maximum atomic E-state index is 12.1. The van der Waals surface area contributed by atoms with E-state index in [-0.39, 0.29) is 11.9 Å². The number of hydrogen-bond donors (Lipinski definition) is 2. The van der Waals surface area contributed by atoms with Crippen molar-refractivity contribution in [1.29, 1.82) is 0 Å². The molecule has 2 aliphatic rings. The van der Waals surface area contributed by atoms with Gasteiger partial charge in [-0.25, -0.2) is 0 Å². The number of hydrogen-bond acceptors (Lipinski definition) is 3. The summed E-state index contributed by atoms with van der Waals surface area (Å²) in [5.74, 6) is 0.957. The molecule has 0 aliphatic carbocycles. The summed E-state index contributed by atoms with van der Waals surface area (Å²) in [7, 11) is 0. The molecule has 1 unspecified atom stereocenters. The van der Waals surface area contributed by atoms with Gasteiger partial charge in [0, 0.05) is 25.7 Å². The van der Waals surface area contributed by atoms with E-state index in [1.807, 2.05) is 6.92 Å². The van der Waals surface area contributed by atoms with Crippen LogP contribution >= 0.6 is 0 Å². The van der Waals surface area contributed by atoms with Crippen LogP contribution in [0.25, 0.3) is 0 Å². The van der Waals surface area contributed by atoms with Crippen LogP contribution in [-0.4, -0.2) is 49.1 Å². The van der Waals surface area contributed by atoms with E-state index in [1.165, 1.54) is 25.7 Å². The predicted molar refractivity (Wildman–Crippen MR) is 78.1 cm³/mol. The van der Waals surface area contributed by atoms with Gasteiger partial charge in [-0.05, 0) is 38.6 Å². The Morgan fingerprint density at radius 2 is 2.26 bits per heavy atom. The predicted octanol–water partition coefficient (Wildman–Crippen LogP) is 1.37. The zero-order chi connectivity index (χ0) is 13.7. The Balaban J connectivity index is 1.73. The van der Waals surface area contributed by atoms with Gasteiger partial charge in [0.2, 0.25) is 5.91 Å². The Morgan fingerprint density at radius 3 is 3.00 bits per heavy atom. The summed E-state index contributed by atoms with van der Waals surface area (Å²) in [4.78, 5) is 14.5. The summed E-state index contributed by atoms with van der Waals surface area (Å²) in [6, 6.07) is 0.637. The molecule has 2 fully saturated rings. The van der Waals surface area contributed by atoms with Crippen molar-refractivity contribution < 1.29 is 4.79 Å². The van der Waals surface area contributed by atoms with Crippen molar-refractivity contribution in [3.05, 3.63) is 0 Å². The van der Waals surface area contributed by atoms with Gasteiger partial charge >= 0.3 is 0 Å². The van der Waals surface area contributed by atoms with Crippen LogP contribution in [0.3, 0.4) is 0 Å². The Kier molecular flexibility index (Phi) is 5.64. The van der Waals surface area contributed by atoms with Crippen molar-refractivity contribution >= 4 is 5.91 Å². The van der Waals surface area contributed by atoms with Gasteiger partial charge in [-0.1, -0.05) is 19.8 Å². The smallest absolute Gasteiger partial charge is 0.237 e. The lowest BCUT2D eigenvalue weighted by molar-refractivity contribution is -0.125. The molecule has 19 heavy (non-hydrogen) atoms. The molecular weight excluding hydrogens is 238 g/mol. The molecule has 0 aromatic heterocycles. The average molecular weight is 267 g/mol. The second-order valence-corrected chi connectivity index (χ2v) is 6.09. The molecule has 0 aromatic rings. The van der Waals surface area contributed by atoms with Crippen LogP contribution in [0.2, 0.25) is 0 Å². The standard InChI is InChI=1S/C15H29N3O/c1-3-4-5-8-17-15(19)12(2)18-10-13-7-6-9-16-14(13)11-18/h12-14,16H,3-11H2,1-2H3,(H,17,19)/t12?,13-,14+/m0/s1. The van der Waals surface area contributed by atoms with Gasteiger partial charge in [-0.3, -0.25) is 9.69 Å². The van der Waals surface area contributed by atoms with Gasteiger partial charge in [-0.15, -0.1) is 0 Å². The Morgan fingerprint density at radius 1 is 1.42 bits per heavy atom. The van der Waals surface area contributed by atoms with Crippen LogP contribution < -0.4 is 10.6 Å². The number of amides is 1. The van der Waals surface area contributed by atoms with Crippen LogP contribution in [0, 0.1) is 5.92 Å². The summed E-state index contributed by atoms with van der Waals surface area (Å²) in [6.07, 6.45) is 6.10. The van der Waals surface area contributed by atoms with Crippen molar-refractivity contribution in [3.63, 3.8) is 0 Å². The number of nitrogens with one attached hydrogen (secondary N) is 2. The molecule has 2 heterocycles. The van der Waals surface area contributed by atoms with E-state index in [9.17, 15) is 4.79 Å². The van der Waals surface area contributed by atoms with Crippen LogP contribution in [0.15, 0.2) is 0 Å². The number of piperidine rings is 1. The van der Waals surface area contributed by atoms with E-state index in [0.717, 1.165) is 38.5 Å². The molecule has 2 rings (SSSR count). The first-order valence-corrected chi connectivity index (χ1v) is 7.97. The monoisotopic (exact) mass is 267 g/mol. The lowest BCUT2D eigenvalue weighted by atomic mass is 9.94. The van der Waals surface area contributed by atoms with Crippen LogP contribution in [-0.2, 0) is 4.79 Å². The molecule has 110 valence electrons. The summed E-state index contributed by atoms with van der Waals surface area (Å²) in [5.41, 5.74) is 0. The first kappa shape index (κ1) is 14.8. The molecule has 4 nitrogen and oxygen atoms in total. The molecule has 2 saturated heterocycles. The fourth-order valence-corrected chi connectivity index (χ4v) is 3.30. The highest BCUT2D eigenvalue weighted by Crippen LogP contribution is 2.26. The van der Waals surface area contributed by atoms with Crippen molar-refractivity contribution in [2.75, 3.05) is 26.2 Å². The number of nitrogens with zero attached hydrogens (tertiary/aromatic N) is 1. The number of likely N-dealkylation sites (tertiary alicyclic amines) is 1. The van der Waals surface area contributed by atoms with Crippen LogP contribution in [0.1, 0.15) is 46.0 Å². The summed E-state index contributed by atoms with van der Waals surface area (Å²) in [6.45, 7) is 8.33. The van der Waals surface area contributed by atoms with Crippen molar-refractivity contribution in [1.82, 2.24) is 15.5 Å². The Bertz CT molecular complexity index is 281. The number of rotatable bonds is 6. The highest BCUT2D eigenvalue weighted by Gasteiger charge is 2.37. The second kappa shape index (κ2) is 7.25. The van der Waals surface area contributed by atoms with E-state index in [2.05, 4.69) is 22.5 Å². The Labute approximate surface area is 117 Å². The Hall–Kier alpha value is -0.610. The molecule has 2 N–H and O–H groups in total. The highest BCUT2D eigenvalue weighted by molar-refractivity contribution is 5.81. The zero-order valence-corrected chi connectivity index (χ0v) is 12.5. The molecular formula is C15H29N3O. The SMILES string of the molecule is CCCCCNC(=O)C(C)N1C[C@@H]2CCCN[C@@H]2C1. The fraction of sp³-hybridized carbons (Fsp3) is 0.933. The third-order valence-electron chi connectivity index (χ3n) is 4.63. The third-order valence-corrected chi connectivity index (χ3v) is 4.63. The number of carbonyl (C=O) groups excluding carboxylic acids is 1. The minimum atomic E-state index is 0.0222. The largest absolute Gasteiger partial charge is 0.355 e. The van der Waals surface area contributed by atoms with E-state index in [4.69, 9.17) is 0 Å². The number of unbranched alkanes of at least 4 members (excludes halogenated alkanes) is 2. The van der Waals surface area contributed by atoms with Crippen molar-refractivity contribution in [2.24, 2.45) is 5.92 Å². The first-order valence-electron chi connectivity index (χ1n) is 7.97. The van der Waals surface area contributed by atoms with Crippen LogP contribution in [0.4, 0.5) is 0 Å². The summed E-state index contributed by atoms with van der Waals surface area (Å²) >= 11 is 0. The second-order valence-electron chi connectivity index (χ2n) is 6.09. The van der Waals surface area contributed by atoms with E-state index >= 15 is 0 Å². The molecule has 0 aromatic carbocycles. The normalized spacial score (nSPS) is 28.9. The maximum absolute atomic E-state index is 12.1. The van der Waals surface area contributed by atoms with E-state index in [0.29, 0.717) is 6.04 Å². The quantitative estimate of drug-likeness (QED) is 0.714. The van der Waals surface area contributed by atoms with Gasteiger partial charge in [0.1, 0.15) is 0 Å². The number of carbonyl (C=O) groups is 1. The molecule has 0 bridgehead atoms. The lowest BCUT2D eigenvalue weighted by Crippen LogP contribution is -2.45. The zero-order valence-electron chi connectivity index (χ0n) is 12.5. The minimum absolute atomic E-state index is 0.0222. The molecule has 0 spiro atoms. The third kappa shape index (κ3) is 3.93.